The highest BCUT2D eigenvalue weighted by Gasteiger charge is 2.00. The van der Waals surface area contributed by atoms with Crippen molar-refractivity contribution in [3.05, 3.63) is 47.9 Å². The summed E-state index contributed by atoms with van der Waals surface area (Å²) in [4.78, 5) is 0. The Hall–Kier alpha value is -1.94. The van der Waals surface area contributed by atoms with Crippen molar-refractivity contribution in [2.75, 3.05) is 93.5 Å². The van der Waals surface area contributed by atoms with Crippen LogP contribution in [0.3, 0.4) is 0 Å². The van der Waals surface area contributed by atoms with Crippen LogP contribution < -0.4 is 0 Å². The van der Waals surface area contributed by atoms with Gasteiger partial charge >= 0.3 is 0 Å². The standard InChI is InChI=1S/C26H42O8/c1-23(21-33-19-17-31-15-13-29-11-9-27-3)25-5-7-26(8-6-25)24(2)22-34-20-18-32-16-14-30-12-10-28-4/h5-8,21-22H,9-20H2,1-4H3. The second-order valence-corrected chi connectivity index (χ2v) is 7.36. The van der Waals surface area contributed by atoms with Crippen LogP contribution in [0.25, 0.3) is 11.1 Å². The predicted octanol–water partition coefficient (Wildman–Crippen LogP) is 3.80. The van der Waals surface area contributed by atoms with Gasteiger partial charge < -0.3 is 37.9 Å². The maximum absolute atomic E-state index is 5.59. The summed E-state index contributed by atoms with van der Waals surface area (Å²) in [7, 11) is 3.30. The number of allylic oxidation sites excluding steroid dienone is 2. The lowest BCUT2D eigenvalue weighted by Crippen LogP contribution is -2.10. The molecule has 0 heterocycles. The van der Waals surface area contributed by atoms with Crippen LogP contribution >= 0.6 is 0 Å². The molecule has 1 aromatic rings. The maximum atomic E-state index is 5.59. The largest absolute Gasteiger partial charge is 0.498 e. The number of benzene rings is 1. The molecule has 1 rings (SSSR count). The first-order chi connectivity index (χ1) is 16.7. The van der Waals surface area contributed by atoms with Crippen molar-refractivity contribution in [1.82, 2.24) is 0 Å². The van der Waals surface area contributed by atoms with Crippen molar-refractivity contribution in [2.24, 2.45) is 0 Å². The summed E-state index contributed by atoms with van der Waals surface area (Å²) < 4.78 is 42.6. The van der Waals surface area contributed by atoms with Gasteiger partial charge in [-0.05, 0) is 36.1 Å². The molecule has 0 N–H and O–H groups in total. The van der Waals surface area contributed by atoms with Gasteiger partial charge in [-0.2, -0.15) is 0 Å². The van der Waals surface area contributed by atoms with E-state index >= 15 is 0 Å². The highest BCUT2D eigenvalue weighted by atomic mass is 16.6. The zero-order valence-corrected chi connectivity index (χ0v) is 21.2. The summed E-state index contributed by atoms with van der Waals surface area (Å²) in [6, 6.07) is 8.29. The van der Waals surface area contributed by atoms with Crippen molar-refractivity contribution in [1.29, 1.82) is 0 Å². The Kier molecular flexibility index (Phi) is 19.1. The molecule has 8 heteroatoms. The maximum Gasteiger partial charge on any atom is 0.111 e. The van der Waals surface area contributed by atoms with E-state index in [-0.39, 0.29) is 0 Å². The Bertz CT molecular complexity index is 600. The van der Waals surface area contributed by atoms with Gasteiger partial charge in [-0.1, -0.05) is 24.3 Å². The summed E-state index contributed by atoms with van der Waals surface area (Å²) >= 11 is 0. The van der Waals surface area contributed by atoms with Crippen molar-refractivity contribution in [2.45, 2.75) is 13.8 Å². The first-order valence-corrected chi connectivity index (χ1v) is 11.7. The summed E-state index contributed by atoms with van der Waals surface area (Å²) in [6.45, 7) is 10.7. The van der Waals surface area contributed by atoms with E-state index in [0.717, 1.165) is 22.3 Å². The molecule has 0 radical (unpaired) electrons. The van der Waals surface area contributed by atoms with E-state index in [0.29, 0.717) is 79.3 Å². The van der Waals surface area contributed by atoms with Gasteiger partial charge in [-0.25, -0.2) is 0 Å². The molecule has 0 aliphatic carbocycles. The summed E-state index contributed by atoms with van der Waals surface area (Å²) in [5.74, 6) is 0. The summed E-state index contributed by atoms with van der Waals surface area (Å²) in [6.07, 6.45) is 3.53. The monoisotopic (exact) mass is 482 g/mol. The molecular formula is C26H42O8. The minimum Gasteiger partial charge on any atom is -0.498 e. The molecule has 0 amide bonds. The van der Waals surface area contributed by atoms with Crippen LogP contribution in [0.15, 0.2) is 36.8 Å². The summed E-state index contributed by atoms with van der Waals surface area (Å²) in [5, 5.41) is 0. The van der Waals surface area contributed by atoms with E-state index in [9.17, 15) is 0 Å². The lowest BCUT2D eigenvalue weighted by molar-refractivity contribution is 0.0144. The number of methoxy groups -OCH3 is 2. The first kappa shape index (κ1) is 30.1. The van der Waals surface area contributed by atoms with Crippen molar-refractivity contribution < 1.29 is 37.9 Å². The lowest BCUT2D eigenvalue weighted by atomic mass is 10.0. The van der Waals surface area contributed by atoms with Crippen molar-refractivity contribution in [3.63, 3.8) is 0 Å². The van der Waals surface area contributed by atoms with Gasteiger partial charge in [0.1, 0.15) is 13.2 Å². The molecule has 0 atom stereocenters. The Balaban J connectivity index is 2.18. The zero-order chi connectivity index (χ0) is 24.7. The van der Waals surface area contributed by atoms with Crippen LogP contribution in [0.5, 0.6) is 0 Å². The highest BCUT2D eigenvalue weighted by molar-refractivity contribution is 5.68. The molecule has 0 unspecified atom stereocenters. The van der Waals surface area contributed by atoms with Crippen LogP contribution in [0.2, 0.25) is 0 Å². The van der Waals surface area contributed by atoms with Crippen molar-refractivity contribution >= 4 is 11.1 Å². The third-order valence-electron chi connectivity index (χ3n) is 4.61. The molecular weight excluding hydrogens is 440 g/mol. The highest BCUT2D eigenvalue weighted by Crippen LogP contribution is 2.19. The van der Waals surface area contributed by atoms with Crippen LogP contribution in [-0.2, 0) is 37.9 Å². The van der Waals surface area contributed by atoms with E-state index in [1.54, 1.807) is 26.7 Å². The number of rotatable bonds is 22. The van der Waals surface area contributed by atoms with E-state index in [4.69, 9.17) is 37.9 Å². The van der Waals surface area contributed by atoms with E-state index < -0.39 is 0 Å². The molecule has 194 valence electrons. The van der Waals surface area contributed by atoms with Gasteiger partial charge in [0.25, 0.3) is 0 Å². The van der Waals surface area contributed by atoms with Gasteiger partial charge in [0.15, 0.2) is 0 Å². The van der Waals surface area contributed by atoms with Crippen molar-refractivity contribution in [3.8, 4) is 0 Å². The number of hydrogen-bond acceptors (Lipinski definition) is 8. The lowest BCUT2D eigenvalue weighted by Gasteiger charge is -2.08. The zero-order valence-electron chi connectivity index (χ0n) is 21.2. The van der Waals surface area contributed by atoms with Gasteiger partial charge in [-0.3, -0.25) is 0 Å². The fourth-order valence-corrected chi connectivity index (χ4v) is 2.64. The average Bonchev–Trinajstić information content (AvgIpc) is 2.86. The number of hydrogen-bond donors (Lipinski definition) is 0. The Morgan fingerprint density at radius 2 is 0.794 bits per heavy atom. The van der Waals surface area contributed by atoms with Crippen LogP contribution in [0, 0.1) is 0 Å². The topological polar surface area (TPSA) is 73.8 Å². The number of ether oxygens (including phenoxy) is 8. The predicted molar refractivity (Wildman–Crippen MR) is 133 cm³/mol. The minimum atomic E-state index is 0.497. The van der Waals surface area contributed by atoms with Crippen LogP contribution in [0.1, 0.15) is 25.0 Å². The average molecular weight is 483 g/mol. The molecule has 0 aliphatic rings. The van der Waals surface area contributed by atoms with E-state index in [1.807, 2.05) is 13.8 Å². The third-order valence-corrected chi connectivity index (χ3v) is 4.61. The Morgan fingerprint density at radius 1 is 0.500 bits per heavy atom. The second kappa shape index (κ2) is 21.6. The van der Waals surface area contributed by atoms with E-state index in [2.05, 4.69) is 24.3 Å². The molecule has 0 fully saturated rings. The first-order valence-electron chi connectivity index (χ1n) is 11.7. The SMILES string of the molecule is COCCOCCOCCOC=C(C)c1ccc(C(C)=COCCOCCOCCOC)cc1. The van der Waals surface area contributed by atoms with Gasteiger partial charge in [0, 0.05) is 14.2 Å². The van der Waals surface area contributed by atoms with Gasteiger partial charge in [-0.15, -0.1) is 0 Å². The molecule has 0 bridgehead atoms. The smallest absolute Gasteiger partial charge is 0.111 e. The molecule has 34 heavy (non-hydrogen) atoms. The molecule has 0 saturated carbocycles. The molecule has 0 aliphatic heterocycles. The molecule has 0 spiro atoms. The second-order valence-electron chi connectivity index (χ2n) is 7.36. The van der Waals surface area contributed by atoms with E-state index in [1.165, 1.54) is 0 Å². The molecule has 1 aromatic carbocycles. The van der Waals surface area contributed by atoms with Gasteiger partial charge in [0.2, 0.25) is 0 Å². The molecule has 0 aromatic heterocycles. The Labute approximate surface area is 204 Å². The normalized spacial score (nSPS) is 12.2. The third kappa shape index (κ3) is 15.8. The fourth-order valence-electron chi connectivity index (χ4n) is 2.64. The molecule has 0 saturated heterocycles. The Morgan fingerprint density at radius 3 is 1.12 bits per heavy atom. The van der Waals surface area contributed by atoms with Crippen LogP contribution in [-0.4, -0.2) is 93.5 Å². The fraction of sp³-hybridized carbons (Fsp3) is 0.615. The summed E-state index contributed by atoms with van der Waals surface area (Å²) in [5.41, 5.74) is 4.31. The van der Waals surface area contributed by atoms with Gasteiger partial charge in [0.05, 0.1) is 78.6 Å². The molecule has 8 nitrogen and oxygen atoms in total. The quantitative estimate of drug-likeness (QED) is 0.183. The van der Waals surface area contributed by atoms with Crippen LogP contribution in [0.4, 0.5) is 0 Å². The minimum absolute atomic E-state index is 0.497.